The van der Waals surface area contributed by atoms with Gasteiger partial charge in [-0.3, -0.25) is 4.79 Å². The summed E-state index contributed by atoms with van der Waals surface area (Å²) in [6.45, 7) is -3.06. The third-order valence-corrected chi connectivity index (χ3v) is 5.32. The fourth-order valence-corrected chi connectivity index (χ4v) is 4.59. The van der Waals surface area contributed by atoms with Crippen LogP contribution >= 0.6 is 11.6 Å². The lowest BCUT2D eigenvalue weighted by Gasteiger charge is -2.16. The van der Waals surface area contributed by atoms with Crippen molar-refractivity contribution in [3.05, 3.63) is 29.8 Å². The van der Waals surface area contributed by atoms with Gasteiger partial charge < -0.3 is 10.1 Å². The van der Waals surface area contributed by atoms with Gasteiger partial charge in [-0.25, -0.2) is 8.42 Å². The predicted molar refractivity (Wildman–Crippen MR) is 72.6 cm³/mol. The Bertz CT molecular complexity index is 638. The van der Waals surface area contributed by atoms with E-state index in [2.05, 4.69) is 10.1 Å². The maximum absolute atomic E-state index is 12.3. The van der Waals surface area contributed by atoms with Gasteiger partial charge in [0.15, 0.2) is 9.84 Å². The van der Waals surface area contributed by atoms with Crippen LogP contribution in [0.15, 0.2) is 24.3 Å². The number of alkyl halides is 3. The van der Waals surface area contributed by atoms with Crippen molar-refractivity contribution in [1.29, 1.82) is 0 Å². The molecule has 5 nitrogen and oxygen atoms in total. The molecule has 1 aliphatic heterocycles. The molecule has 2 unspecified atom stereocenters. The van der Waals surface area contributed by atoms with Gasteiger partial charge in [0.2, 0.25) is 0 Å². The van der Waals surface area contributed by atoms with E-state index in [0.29, 0.717) is 0 Å². The highest BCUT2D eigenvalue weighted by Crippen LogP contribution is 2.22. The third-order valence-electron chi connectivity index (χ3n) is 2.95. The van der Waals surface area contributed by atoms with Crippen LogP contribution in [0.1, 0.15) is 10.4 Å². The van der Waals surface area contributed by atoms with E-state index in [1.165, 1.54) is 24.3 Å². The summed E-state index contributed by atoms with van der Waals surface area (Å²) in [5, 5.41) is 1.69. The molecule has 0 spiro atoms. The molecule has 1 aliphatic rings. The van der Waals surface area contributed by atoms with Crippen LogP contribution < -0.4 is 10.1 Å². The van der Waals surface area contributed by atoms with Crippen molar-refractivity contribution in [3.63, 3.8) is 0 Å². The maximum atomic E-state index is 12.3. The highest BCUT2D eigenvalue weighted by Gasteiger charge is 2.37. The van der Waals surface area contributed by atoms with Gasteiger partial charge in [0.25, 0.3) is 5.91 Å². The summed E-state index contributed by atoms with van der Waals surface area (Å²) in [5.41, 5.74) is -0.106. The second kappa shape index (κ2) is 6.15. The van der Waals surface area contributed by atoms with Crippen molar-refractivity contribution in [2.24, 2.45) is 0 Å². The molecule has 1 heterocycles. The average Bonchev–Trinajstić information content (AvgIpc) is 2.62. The lowest BCUT2D eigenvalue weighted by Crippen LogP contribution is -2.40. The first-order chi connectivity index (χ1) is 9.78. The van der Waals surface area contributed by atoms with Gasteiger partial charge >= 0.3 is 6.61 Å². The molecule has 0 aliphatic carbocycles. The summed E-state index contributed by atoms with van der Waals surface area (Å²) in [6.07, 6.45) is 0. The normalized spacial score (nSPS) is 24.0. The Morgan fingerprint density at radius 1 is 1.33 bits per heavy atom. The van der Waals surface area contributed by atoms with Crippen LogP contribution in [0.2, 0.25) is 0 Å². The number of carbonyl (C=O) groups is 1. The number of amides is 1. The minimum absolute atomic E-state index is 0.106. The number of rotatable bonds is 4. The third kappa shape index (κ3) is 4.04. The van der Waals surface area contributed by atoms with Gasteiger partial charge in [-0.2, -0.15) is 8.78 Å². The number of ether oxygens (including phenoxy) is 1. The van der Waals surface area contributed by atoms with Crippen LogP contribution in [0, 0.1) is 0 Å². The molecule has 0 radical (unpaired) electrons. The van der Waals surface area contributed by atoms with Crippen molar-refractivity contribution < 1.29 is 26.7 Å². The summed E-state index contributed by atoms with van der Waals surface area (Å²) in [6, 6.07) is 4.70. The first-order valence-electron chi connectivity index (χ1n) is 5.98. The summed E-state index contributed by atoms with van der Waals surface area (Å²) < 4.78 is 51.7. The Morgan fingerprint density at radius 3 is 2.57 bits per heavy atom. The van der Waals surface area contributed by atoms with E-state index in [0.717, 1.165) is 0 Å². The van der Waals surface area contributed by atoms with Gasteiger partial charge in [-0.05, 0) is 12.1 Å². The molecule has 2 atom stereocenters. The molecule has 0 bridgehead atoms. The predicted octanol–water partition coefficient (Wildman–Crippen LogP) is 1.42. The van der Waals surface area contributed by atoms with Crippen LogP contribution in [0.5, 0.6) is 5.75 Å². The van der Waals surface area contributed by atoms with Gasteiger partial charge in [-0.15, -0.1) is 11.6 Å². The van der Waals surface area contributed by atoms with E-state index in [4.69, 9.17) is 11.6 Å². The zero-order valence-electron chi connectivity index (χ0n) is 10.6. The summed E-state index contributed by atoms with van der Waals surface area (Å²) >= 11 is 5.87. The van der Waals surface area contributed by atoms with Crippen molar-refractivity contribution >= 4 is 27.3 Å². The molecule has 2 rings (SSSR count). The first kappa shape index (κ1) is 16.0. The molecule has 21 heavy (non-hydrogen) atoms. The molecular weight excluding hydrogens is 328 g/mol. The van der Waals surface area contributed by atoms with E-state index in [1.54, 1.807) is 0 Å². The number of hydrogen-bond acceptors (Lipinski definition) is 4. The molecule has 1 aromatic rings. The number of hydrogen-bond donors (Lipinski definition) is 1. The Labute approximate surface area is 125 Å². The monoisotopic (exact) mass is 339 g/mol. The second-order valence-corrected chi connectivity index (χ2v) is 7.26. The smallest absolute Gasteiger partial charge is 0.387 e. The van der Waals surface area contributed by atoms with Gasteiger partial charge in [0, 0.05) is 0 Å². The quantitative estimate of drug-likeness (QED) is 0.842. The largest absolute Gasteiger partial charge is 0.434 e. The lowest BCUT2D eigenvalue weighted by molar-refractivity contribution is -0.0501. The van der Waals surface area contributed by atoms with E-state index < -0.39 is 33.8 Å². The molecule has 116 valence electrons. The van der Waals surface area contributed by atoms with Crippen molar-refractivity contribution in [1.82, 2.24) is 5.32 Å². The number of nitrogens with one attached hydrogen (secondary N) is 1. The average molecular weight is 340 g/mol. The molecule has 9 heteroatoms. The Morgan fingerprint density at radius 2 is 2.00 bits per heavy atom. The lowest BCUT2D eigenvalue weighted by atomic mass is 10.1. The van der Waals surface area contributed by atoms with E-state index in [1.807, 2.05) is 0 Å². The van der Waals surface area contributed by atoms with E-state index >= 15 is 0 Å². The fourth-order valence-electron chi connectivity index (χ4n) is 2.04. The zero-order valence-corrected chi connectivity index (χ0v) is 12.2. The highest BCUT2D eigenvalue weighted by atomic mass is 35.5. The second-order valence-electron chi connectivity index (χ2n) is 4.55. The Kier molecular flexibility index (Phi) is 4.67. The van der Waals surface area contributed by atoms with Crippen LogP contribution in [0.4, 0.5) is 8.78 Å². The Balaban J connectivity index is 2.14. The number of halogens is 3. The molecule has 1 saturated heterocycles. The molecular formula is C12H12ClF2NO4S. The minimum Gasteiger partial charge on any atom is -0.434 e. The molecule has 1 aromatic carbocycles. The highest BCUT2D eigenvalue weighted by molar-refractivity contribution is 7.91. The molecule has 1 amide bonds. The molecule has 1 N–H and O–H groups in total. The first-order valence-corrected chi connectivity index (χ1v) is 8.23. The topological polar surface area (TPSA) is 72.5 Å². The Hall–Kier alpha value is -1.41. The minimum atomic E-state index is -3.30. The maximum Gasteiger partial charge on any atom is 0.387 e. The van der Waals surface area contributed by atoms with Crippen molar-refractivity contribution in [2.45, 2.75) is 18.0 Å². The number of para-hydroxylation sites is 1. The van der Waals surface area contributed by atoms with Gasteiger partial charge in [0.05, 0.1) is 28.5 Å². The number of sulfone groups is 1. The van der Waals surface area contributed by atoms with E-state index in [9.17, 15) is 22.0 Å². The van der Waals surface area contributed by atoms with Crippen molar-refractivity contribution in [3.8, 4) is 5.75 Å². The number of benzene rings is 1. The molecule has 1 fully saturated rings. The SMILES string of the molecule is O=C(NC1CS(=O)(=O)CC1Cl)c1ccccc1OC(F)F. The standard InChI is InChI=1S/C12H12ClF2NO4S/c13-8-5-21(18,19)6-9(8)16-11(17)7-3-1-2-4-10(7)20-12(14)15/h1-4,8-9,12H,5-6H2,(H,16,17). The van der Waals surface area contributed by atoms with Crippen LogP contribution in [-0.4, -0.2) is 43.9 Å². The number of carbonyl (C=O) groups excluding carboxylic acids is 1. The van der Waals surface area contributed by atoms with Gasteiger partial charge in [0.1, 0.15) is 5.75 Å². The summed E-state index contributed by atoms with van der Waals surface area (Å²) in [7, 11) is -3.30. The molecule has 0 aromatic heterocycles. The fraction of sp³-hybridized carbons (Fsp3) is 0.417. The summed E-state index contributed by atoms with van der Waals surface area (Å²) in [4.78, 5) is 12.1. The van der Waals surface area contributed by atoms with Crippen LogP contribution in [-0.2, 0) is 9.84 Å². The van der Waals surface area contributed by atoms with Crippen LogP contribution in [0.3, 0.4) is 0 Å². The van der Waals surface area contributed by atoms with Crippen molar-refractivity contribution in [2.75, 3.05) is 11.5 Å². The summed E-state index contributed by atoms with van der Waals surface area (Å²) in [5.74, 6) is -1.49. The van der Waals surface area contributed by atoms with Crippen LogP contribution in [0.25, 0.3) is 0 Å². The van der Waals surface area contributed by atoms with Gasteiger partial charge in [-0.1, -0.05) is 12.1 Å². The zero-order chi connectivity index (χ0) is 15.6. The van der Waals surface area contributed by atoms with E-state index in [-0.39, 0.29) is 22.8 Å². The molecule has 0 saturated carbocycles.